The monoisotopic (exact) mass is 498 g/mol. The molecule has 4 rings (SSSR count). The predicted octanol–water partition coefficient (Wildman–Crippen LogP) is 3.99. The number of thiazole rings is 2. The maximum absolute atomic E-state index is 12.4. The Balaban J connectivity index is 1.35. The molecular weight excluding hydrogens is 480 g/mol. The summed E-state index contributed by atoms with van der Waals surface area (Å²) in [4.78, 5) is 33.3. The van der Waals surface area contributed by atoms with Gasteiger partial charge in [0, 0.05) is 17.7 Å². The molecule has 4 aromatic rings. The molecule has 168 valence electrons. The van der Waals surface area contributed by atoms with E-state index in [1.54, 1.807) is 23.6 Å². The summed E-state index contributed by atoms with van der Waals surface area (Å²) in [5.74, 6) is -0.628. The first-order valence-electron chi connectivity index (χ1n) is 9.65. The molecule has 0 aliphatic rings. The average Bonchev–Trinajstić information content (AvgIpc) is 3.37. The van der Waals surface area contributed by atoms with Crippen LogP contribution in [0.15, 0.2) is 64.9 Å². The number of hydrogen-bond donors (Lipinski definition) is 2. The Hall–Kier alpha value is -3.41. The van der Waals surface area contributed by atoms with Gasteiger partial charge in [0.25, 0.3) is 0 Å². The molecule has 0 atom stereocenters. The lowest BCUT2D eigenvalue weighted by molar-refractivity contribution is -0.115. The lowest BCUT2D eigenvalue weighted by Gasteiger charge is -1.99. The maximum Gasteiger partial charge on any atom is 0.250 e. The summed E-state index contributed by atoms with van der Waals surface area (Å²) >= 11 is 2.42. The molecule has 2 heterocycles. The molecule has 8 nitrogen and oxygen atoms in total. The van der Waals surface area contributed by atoms with E-state index in [2.05, 4.69) is 20.6 Å². The zero-order valence-corrected chi connectivity index (χ0v) is 19.8. The van der Waals surface area contributed by atoms with Crippen molar-refractivity contribution in [2.45, 2.75) is 11.3 Å². The highest BCUT2D eigenvalue weighted by molar-refractivity contribution is 7.90. The zero-order valence-electron chi connectivity index (χ0n) is 17.3. The first kappa shape index (κ1) is 22.8. The molecule has 2 amide bonds. The van der Waals surface area contributed by atoms with E-state index in [4.69, 9.17) is 0 Å². The van der Waals surface area contributed by atoms with Crippen LogP contribution in [0, 0.1) is 0 Å². The Morgan fingerprint density at radius 2 is 1.82 bits per heavy atom. The minimum absolute atomic E-state index is 0.0107. The Morgan fingerprint density at radius 3 is 2.58 bits per heavy atom. The van der Waals surface area contributed by atoms with Crippen molar-refractivity contribution in [3.05, 3.63) is 71.2 Å². The summed E-state index contributed by atoms with van der Waals surface area (Å²) in [6.45, 7) is 0. The fraction of sp³-hybridized carbons (Fsp3) is 0.0909. The van der Waals surface area contributed by atoms with Crippen LogP contribution in [-0.2, 0) is 25.8 Å². The molecule has 2 aromatic carbocycles. The molecule has 33 heavy (non-hydrogen) atoms. The van der Waals surface area contributed by atoms with Crippen LogP contribution in [0.4, 0.5) is 10.3 Å². The Labute approximate surface area is 197 Å². The van der Waals surface area contributed by atoms with E-state index in [1.807, 2.05) is 30.3 Å². The van der Waals surface area contributed by atoms with Crippen LogP contribution < -0.4 is 10.6 Å². The number of carbonyl (C=O) groups excluding carboxylic acids is 2. The summed E-state index contributed by atoms with van der Waals surface area (Å²) in [6.07, 6.45) is 4.28. The lowest BCUT2D eigenvalue weighted by Crippen LogP contribution is -2.14. The van der Waals surface area contributed by atoms with Crippen LogP contribution in [-0.4, -0.2) is 36.5 Å². The zero-order chi connectivity index (χ0) is 23.4. The molecule has 0 unspecified atom stereocenters. The second-order valence-electron chi connectivity index (χ2n) is 7.02. The number of nitrogens with one attached hydrogen (secondary N) is 2. The van der Waals surface area contributed by atoms with E-state index in [9.17, 15) is 18.0 Å². The third-order valence-corrected chi connectivity index (χ3v) is 7.24. The van der Waals surface area contributed by atoms with Crippen LogP contribution in [0.2, 0.25) is 0 Å². The highest BCUT2D eigenvalue weighted by Gasteiger charge is 2.14. The van der Waals surface area contributed by atoms with Crippen LogP contribution in [0.3, 0.4) is 0 Å². The van der Waals surface area contributed by atoms with E-state index in [1.165, 1.54) is 34.8 Å². The number of sulfone groups is 1. The number of hydrogen-bond acceptors (Lipinski definition) is 8. The highest BCUT2D eigenvalue weighted by atomic mass is 32.2. The van der Waals surface area contributed by atoms with Gasteiger partial charge in [-0.1, -0.05) is 41.7 Å². The molecule has 0 spiro atoms. The van der Waals surface area contributed by atoms with E-state index in [-0.39, 0.29) is 23.1 Å². The number of amides is 2. The minimum atomic E-state index is -3.32. The van der Waals surface area contributed by atoms with Crippen molar-refractivity contribution in [1.82, 2.24) is 9.97 Å². The predicted molar refractivity (Wildman–Crippen MR) is 131 cm³/mol. The summed E-state index contributed by atoms with van der Waals surface area (Å²) in [6, 6.07) is 14.1. The molecule has 0 fully saturated rings. The summed E-state index contributed by atoms with van der Waals surface area (Å²) < 4.78 is 24.1. The smallest absolute Gasteiger partial charge is 0.250 e. The van der Waals surface area contributed by atoms with E-state index in [0.717, 1.165) is 11.8 Å². The van der Waals surface area contributed by atoms with Gasteiger partial charge in [-0.25, -0.2) is 18.4 Å². The van der Waals surface area contributed by atoms with Crippen LogP contribution >= 0.6 is 22.7 Å². The van der Waals surface area contributed by atoms with Crippen molar-refractivity contribution in [1.29, 1.82) is 0 Å². The van der Waals surface area contributed by atoms with Gasteiger partial charge in [0.05, 0.1) is 27.2 Å². The second kappa shape index (κ2) is 9.61. The van der Waals surface area contributed by atoms with Crippen LogP contribution in [0.25, 0.3) is 16.3 Å². The van der Waals surface area contributed by atoms with Gasteiger partial charge >= 0.3 is 0 Å². The van der Waals surface area contributed by atoms with Crippen LogP contribution in [0.1, 0.15) is 11.3 Å². The van der Waals surface area contributed by atoms with Crippen molar-refractivity contribution in [2.75, 3.05) is 16.9 Å². The standard InChI is InChI=1S/C22H18N4O4S3/c1-33(29,30)16-8-9-17-18(12-16)32-22(24-17)26-20(28)11-15-13-31-21(23-15)25-19(27)10-7-14-5-3-2-4-6-14/h2-10,12-13H,11H2,1H3,(H,23,25,27)(H,24,26,28). The van der Waals surface area contributed by atoms with E-state index in [0.29, 0.717) is 26.2 Å². The van der Waals surface area contributed by atoms with Crippen molar-refractivity contribution >= 4 is 70.9 Å². The number of rotatable bonds is 7. The number of fused-ring (bicyclic) bond motifs is 1. The molecule has 11 heteroatoms. The Morgan fingerprint density at radius 1 is 1.03 bits per heavy atom. The van der Waals surface area contributed by atoms with Gasteiger partial charge in [-0.05, 0) is 29.8 Å². The van der Waals surface area contributed by atoms with Gasteiger partial charge in [0.1, 0.15) is 0 Å². The molecule has 2 N–H and O–H groups in total. The lowest BCUT2D eigenvalue weighted by atomic mass is 10.2. The number of benzene rings is 2. The van der Waals surface area contributed by atoms with Crippen molar-refractivity contribution in [3.8, 4) is 0 Å². The summed E-state index contributed by atoms with van der Waals surface area (Å²) in [7, 11) is -3.32. The van der Waals surface area contributed by atoms with Crippen molar-refractivity contribution < 1.29 is 18.0 Å². The fourth-order valence-corrected chi connectivity index (χ4v) is 5.20. The molecular formula is C22H18N4O4S3. The normalized spacial score (nSPS) is 11.7. The molecule has 0 radical (unpaired) electrons. The number of nitrogens with zero attached hydrogens (tertiary/aromatic N) is 2. The molecule has 2 aromatic heterocycles. The third kappa shape index (κ3) is 6.09. The quantitative estimate of drug-likeness (QED) is 0.372. The van der Waals surface area contributed by atoms with Crippen molar-refractivity contribution in [2.24, 2.45) is 0 Å². The average molecular weight is 499 g/mol. The van der Waals surface area contributed by atoms with Gasteiger partial charge in [0.15, 0.2) is 20.1 Å². The van der Waals surface area contributed by atoms with Gasteiger partial charge in [-0.2, -0.15) is 0 Å². The van der Waals surface area contributed by atoms with Gasteiger partial charge < -0.3 is 5.32 Å². The van der Waals surface area contributed by atoms with Gasteiger partial charge in [-0.15, -0.1) is 11.3 Å². The van der Waals surface area contributed by atoms with Gasteiger partial charge in [0.2, 0.25) is 11.8 Å². The summed E-state index contributed by atoms with van der Waals surface area (Å²) in [5, 5.41) is 7.86. The molecule has 0 bridgehead atoms. The van der Waals surface area contributed by atoms with Crippen LogP contribution in [0.5, 0.6) is 0 Å². The Kier molecular flexibility index (Phi) is 6.63. The third-order valence-electron chi connectivity index (χ3n) is 4.38. The van der Waals surface area contributed by atoms with Crippen molar-refractivity contribution in [3.63, 3.8) is 0 Å². The van der Waals surface area contributed by atoms with E-state index >= 15 is 0 Å². The maximum atomic E-state index is 12.4. The van der Waals surface area contributed by atoms with Gasteiger partial charge in [-0.3, -0.25) is 14.9 Å². The molecule has 0 aliphatic heterocycles. The Bertz CT molecular complexity index is 1460. The number of aromatic nitrogens is 2. The second-order valence-corrected chi connectivity index (χ2v) is 10.9. The first-order valence-corrected chi connectivity index (χ1v) is 13.2. The minimum Gasteiger partial charge on any atom is -0.302 e. The summed E-state index contributed by atoms with van der Waals surface area (Å²) in [5.41, 5.74) is 2.02. The largest absolute Gasteiger partial charge is 0.302 e. The molecule has 0 saturated carbocycles. The SMILES string of the molecule is CS(=O)(=O)c1ccc2nc(NC(=O)Cc3csc(NC(=O)C=Cc4ccccc4)n3)sc2c1. The highest BCUT2D eigenvalue weighted by Crippen LogP contribution is 2.28. The fourth-order valence-electron chi connectivity index (χ4n) is 2.85. The van der Waals surface area contributed by atoms with E-state index < -0.39 is 9.84 Å². The molecule has 0 aliphatic carbocycles. The topological polar surface area (TPSA) is 118 Å². The molecule has 0 saturated heterocycles. The first-order chi connectivity index (χ1) is 15.8. The number of carbonyl (C=O) groups is 2. The number of anilines is 2.